The van der Waals surface area contributed by atoms with Gasteiger partial charge in [0.1, 0.15) is 11.5 Å². The van der Waals surface area contributed by atoms with E-state index in [-0.39, 0.29) is 41.6 Å². The van der Waals surface area contributed by atoms with Gasteiger partial charge in [0.05, 0.1) is 6.54 Å². The molecule has 0 bridgehead atoms. The molecule has 7 heteroatoms. The van der Waals surface area contributed by atoms with Crippen molar-refractivity contribution >= 4 is 29.2 Å². The summed E-state index contributed by atoms with van der Waals surface area (Å²) in [5, 5.41) is 13.8. The van der Waals surface area contributed by atoms with Crippen LogP contribution in [0.3, 0.4) is 0 Å². The maximum absolute atomic E-state index is 13.6. The lowest BCUT2D eigenvalue weighted by molar-refractivity contribution is -0.133. The van der Waals surface area contributed by atoms with Gasteiger partial charge in [-0.25, -0.2) is 14.2 Å². The van der Waals surface area contributed by atoms with Crippen LogP contribution in [0.25, 0.3) is 0 Å². The molecule has 0 aromatic heterocycles. The molecule has 1 aromatic carbocycles. The normalized spacial score (nSPS) is 15.4. The fourth-order valence-electron chi connectivity index (χ4n) is 1.69. The predicted molar refractivity (Wildman–Crippen MR) is 66.3 cm³/mol. The van der Waals surface area contributed by atoms with Crippen molar-refractivity contribution in [3.05, 3.63) is 34.6 Å². The van der Waals surface area contributed by atoms with Crippen molar-refractivity contribution in [1.29, 1.82) is 0 Å². The smallest absolute Gasteiger partial charge is 0.352 e. The number of hydrogen-bond acceptors (Lipinski definition) is 3. The van der Waals surface area contributed by atoms with E-state index in [0.29, 0.717) is 0 Å². The zero-order valence-corrected chi connectivity index (χ0v) is 10.5. The molecule has 1 heterocycles. The lowest BCUT2D eigenvalue weighted by Crippen LogP contribution is -2.34. The molecule has 1 amide bonds. The first kappa shape index (κ1) is 13.5. The number of halogens is 2. The largest absolute Gasteiger partial charge is 0.477 e. The molecule has 1 aromatic rings. The molecule has 1 N–H and O–H groups in total. The Labute approximate surface area is 113 Å². The number of carbonyl (C=O) groups excluding carboxylic acids is 1. The van der Waals surface area contributed by atoms with Crippen molar-refractivity contribution in [3.8, 4) is 0 Å². The number of hydrogen-bond donors (Lipinski definition) is 1. The molecule has 2 rings (SSSR count). The molecule has 0 saturated carbocycles. The van der Waals surface area contributed by atoms with E-state index in [0.717, 1.165) is 11.1 Å². The molecule has 100 valence electrons. The molecule has 0 spiro atoms. The van der Waals surface area contributed by atoms with Crippen LogP contribution in [-0.2, 0) is 16.1 Å². The SMILES string of the molecule is O=C(O)C1=NN(Cc2ccc(Cl)cc2F)C(=O)CC1. The number of carboxylic acids is 1. The number of nitrogens with zero attached hydrogens (tertiary/aromatic N) is 2. The quantitative estimate of drug-likeness (QED) is 0.923. The van der Waals surface area contributed by atoms with Crippen LogP contribution in [0.15, 0.2) is 23.3 Å². The maximum atomic E-state index is 13.6. The predicted octanol–water partition coefficient (Wildman–Crippen LogP) is 2.04. The number of carboxylic acid groups (broad SMARTS) is 1. The third-order valence-electron chi connectivity index (χ3n) is 2.69. The van der Waals surface area contributed by atoms with E-state index in [1.807, 2.05) is 0 Å². The first-order chi connectivity index (χ1) is 8.97. The summed E-state index contributed by atoms with van der Waals surface area (Å²) in [5.74, 6) is -2.06. The summed E-state index contributed by atoms with van der Waals surface area (Å²) < 4.78 is 13.6. The minimum absolute atomic E-state index is 0.0559. The Morgan fingerprint density at radius 1 is 1.47 bits per heavy atom. The van der Waals surface area contributed by atoms with Crippen LogP contribution in [0.4, 0.5) is 4.39 Å². The molecule has 5 nitrogen and oxygen atoms in total. The Bertz CT molecular complexity index is 574. The fraction of sp³-hybridized carbons (Fsp3) is 0.250. The van der Waals surface area contributed by atoms with E-state index in [2.05, 4.69) is 5.10 Å². The van der Waals surface area contributed by atoms with E-state index in [1.54, 1.807) is 0 Å². The van der Waals surface area contributed by atoms with Crippen LogP contribution in [0.2, 0.25) is 5.02 Å². The highest BCUT2D eigenvalue weighted by atomic mass is 35.5. The Morgan fingerprint density at radius 3 is 2.84 bits per heavy atom. The van der Waals surface area contributed by atoms with Crippen molar-refractivity contribution < 1.29 is 19.1 Å². The van der Waals surface area contributed by atoms with Gasteiger partial charge in [-0.15, -0.1) is 0 Å². The molecule has 0 saturated heterocycles. The summed E-state index contributed by atoms with van der Waals surface area (Å²) in [7, 11) is 0. The van der Waals surface area contributed by atoms with Crippen molar-refractivity contribution in [1.82, 2.24) is 5.01 Å². The summed E-state index contributed by atoms with van der Waals surface area (Å²) in [6.07, 6.45) is 0.147. The van der Waals surface area contributed by atoms with Crippen molar-refractivity contribution in [2.75, 3.05) is 0 Å². The highest BCUT2D eigenvalue weighted by Gasteiger charge is 2.24. The molecule has 0 aliphatic carbocycles. The minimum atomic E-state index is -1.17. The number of hydrazone groups is 1. The summed E-state index contributed by atoms with van der Waals surface area (Å²) >= 11 is 5.63. The number of amides is 1. The van der Waals surface area contributed by atoms with Gasteiger partial charge in [-0.05, 0) is 12.1 Å². The van der Waals surface area contributed by atoms with Crippen LogP contribution in [-0.4, -0.2) is 27.7 Å². The van der Waals surface area contributed by atoms with Gasteiger partial charge in [0.15, 0.2) is 0 Å². The summed E-state index contributed by atoms with van der Waals surface area (Å²) in [6.45, 7) is -0.112. The Kier molecular flexibility index (Phi) is 3.80. The molecule has 1 aliphatic rings. The lowest BCUT2D eigenvalue weighted by atomic mass is 10.1. The van der Waals surface area contributed by atoms with E-state index < -0.39 is 11.8 Å². The molecule has 0 fully saturated rings. The highest BCUT2D eigenvalue weighted by Crippen LogP contribution is 2.19. The van der Waals surface area contributed by atoms with E-state index in [4.69, 9.17) is 16.7 Å². The average Bonchev–Trinajstić information content (AvgIpc) is 2.34. The van der Waals surface area contributed by atoms with Crippen molar-refractivity contribution in [2.24, 2.45) is 5.10 Å². The van der Waals surface area contributed by atoms with Gasteiger partial charge in [0.25, 0.3) is 0 Å². The van der Waals surface area contributed by atoms with Crippen LogP contribution in [0.1, 0.15) is 18.4 Å². The Hall–Kier alpha value is -1.95. The van der Waals surface area contributed by atoms with E-state index >= 15 is 0 Å². The van der Waals surface area contributed by atoms with Gasteiger partial charge in [-0.1, -0.05) is 17.7 Å². The fourth-order valence-corrected chi connectivity index (χ4v) is 1.85. The molecule has 1 aliphatic heterocycles. The number of carbonyl (C=O) groups is 2. The van der Waals surface area contributed by atoms with Gasteiger partial charge >= 0.3 is 5.97 Å². The van der Waals surface area contributed by atoms with Crippen molar-refractivity contribution in [2.45, 2.75) is 19.4 Å². The number of aliphatic carboxylic acids is 1. The van der Waals surface area contributed by atoms with Gasteiger partial charge in [0, 0.05) is 23.4 Å². The zero-order valence-electron chi connectivity index (χ0n) is 9.77. The van der Waals surface area contributed by atoms with Gasteiger partial charge < -0.3 is 5.11 Å². The third kappa shape index (κ3) is 3.08. The topological polar surface area (TPSA) is 70.0 Å². The first-order valence-corrected chi connectivity index (χ1v) is 5.90. The van der Waals surface area contributed by atoms with Gasteiger partial charge in [0.2, 0.25) is 5.91 Å². The summed E-state index contributed by atoms with van der Waals surface area (Å²) in [6, 6.07) is 4.07. The zero-order chi connectivity index (χ0) is 14.0. The molecule has 19 heavy (non-hydrogen) atoms. The lowest BCUT2D eigenvalue weighted by Gasteiger charge is -2.22. The van der Waals surface area contributed by atoms with Gasteiger partial charge in [-0.3, -0.25) is 4.79 Å². The Balaban J connectivity index is 2.23. The maximum Gasteiger partial charge on any atom is 0.352 e. The molecule has 0 radical (unpaired) electrons. The van der Waals surface area contributed by atoms with E-state index in [9.17, 15) is 14.0 Å². The van der Waals surface area contributed by atoms with Gasteiger partial charge in [-0.2, -0.15) is 5.10 Å². The second-order valence-electron chi connectivity index (χ2n) is 4.04. The molecule has 0 atom stereocenters. The average molecular weight is 285 g/mol. The highest BCUT2D eigenvalue weighted by molar-refractivity contribution is 6.36. The number of rotatable bonds is 3. The first-order valence-electron chi connectivity index (χ1n) is 5.52. The van der Waals surface area contributed by atoms with Crippen molar-refractivity contribution in [3.63, 3.8) is 0 Å². The third-order valence-corrected chi connectivity index (χ3v) is 2.92. The Morgan fingerprint density at radius 2 is 2.21 bits per heavy atom. The molecular formula is C12H10ClFN2O3. The summed E-state index contributed by atoms with van der Waals surface area (Å²) in [4.78, 5) is 22.4. The van der Waals surface area contributed by atoms with Crippen LogP contribution >= 0.6 is 11.6 Å². The van der Waals surface area contributed by atoms with E-state index in [1.165, 1.54) is 12.1 Å². The summed E-state index contributed by atoms with van der Waals surface area (Å²) in [5.41, 5.74) is 0.127. The standard InChI is InChI=1S/C12H10ClFN2O3/c13-8-2-1-7(9(14)5-8)6-16-11(17)4-3-10(15-16)12(18)19/h1-2,5H,3-4,6H2,(H,18,19). The van der Waals surface area contributed by atoms with Crippen LogP contribution in [0, 0.1) is 5.82 Å². The molecular weight excluding hydrogens is 275 g/mol. The van der Waals surface area contributed by atoms with Crippen LogP contribution in [0.5, 0.6) is 0 Å². The molecule has 0 unspecified atom stereocenters. The van der Waals surface area contributed by atoms with Crippen LogP contribution < -0.4 is 0 Å². The second-order valence-corrected chi connectivity index (χ2v) is 4.48. The minimum Gasteiger partial charge on any atom is -0.477 e. The monoisotopic (exact) mass is 284 g/mol. The second kappa shape index (κ2) is 5.36. The number of benzene rings is 1.